The van der Waals surface area contributed by atoms with E-state index in [1.807, 2.05) is 42.5 Å². The van der Waals surface area contributed by atoms with Crippen LogP contribution in [0.15, 0.2) is 42.5 Å². The lowest BCUT2D eigenvalue weighted by molar-refractivity contribution is 0.0939. The second-order valence-corrected chi connectivity index (χ2v) is 7.90. The Kier molecular flexibility index (Phi) is 5.90. The smallest absolute Gasteiger partial charge is 0.251 e. The van der Waals surface area contributed by atoms with Crippen molar-refractivity contribution in [2.24, 2.45) is 5.92 Å². The molecule has 6 heteroatoms. The number of hydrogen-bond donors (Lipinski definition) is 1. The van der Waals surface area contributed by atoms with Crippen molar-refractivity contribution in [1.29, 1.82) is 0 Å². The Hall–Kier alpha value is -2.73. The Bertz CT molecular complexity index is 845. The number of ether oxygens (including phenoxy) is 2. The molecule has 1 fully saturated rings. The number of methoxy groups -OCH3 is 1. The van der Waals surface area contributed by atoms with Crippen molar-refractivity contribution in [3.63, 3.8) is 0 Å². The number of carbonyl (C=O) groups excluding carboxylic acids is 1. The van der Waals surface area contributed by atoms with E-state index in [1.54, 1.807) is 7.11 Å². The Morgan fingerprint density at radius 2 is 1.90 bits per heavy atom. The fourth-order valence-electron chi connectivity index (χ4n) is 3.90. The fraction of sp³-hybridized carbons (Fsp3) is 0.435. The normalized spacial score (nSPS) is 19.2. The average Bonchev–Trinajstić information content (AvgIpc) is 2.77. The van der Waals surface area contributed by atoms with Crippen molar-refractivity contribution in [2.45, 2.75) is 6.42 Å². The number of nitrogens with one attached hydrogen (secondary N) is 1. The summed E-state index contributed by atoms with van der Waals surface area (Å²) in [5.41, 5.74) is 3.04. The number of hydrogen-bond acceptors (Lipinski definition) is 5. The van der Waals surface area contributed by atoms with E-state index in [9.17, 15) is 4.79 Å². The maximum atomic E-state index is 12.6. The minimum Gasteiger partial charge on any atom is -0.497 e. The molecular weight excluding hydrogens is 366 g/mol. The number of carbonyl (C=O) groups is 1. The number of amides is 1. The van der Waals surface area contributed by atoms with Crippen molar-refractivity contribution in [3.8, 4) is 11.5 Å². The number of piperazine rings is 1. The molecule has 29 heavy (non-hydrogen) atoms. The summed E-state index contributed by atoms with van der Waals surface area (Å²) >= 11 is 0. The van der Waals surface area contributed by atoms with Crippen molar-refractivity contribution >= 4 is 11.6 Å². The van der Waals surface area contributed by atoms with E-state index in [1.165, 1.54) is 5.69 Å². The van der Waals surface area contributed by atoms with Crippen LogP contribution in [0.4, 0.5) is 5.69 Å². The number of fused-ring (bicyclic) bond motifs is 1. The van der Waals surface area contributed by atoms with Gasteiger partial charge in [-0.25, -0.2) is 0 Å². The summed E-state index contributed by atoms with van der Waals surface area (Å²) in [5, 5.41) is 3.06. The molecule has 0 saturated carbocycles. The van der Waals surface area contributed by atoms with Gasteiger partial charge in [0, 0.05) is 56.0 Å². The topological polar surface area (TPSA) is 54.0 Å². The molecule has 2 aromatic rings. The van der Waals surface area contributed by atoms with Gasteiger partial charge in [-0.05, 0) is 49.4 Å². The molecule has 4 rings (SSSR count). The highest BCUT2D eigenvalue weighted by Gasteiger charge is 2.21. The monoisotopic (exact) mass is 395 g/mol. The lowest BCUT2D eigenvalue weighted by atomic mass is 9.96. The van der Waals surface area contributed by atoms with Gasteiger partial charge < -0.3 is 24.6 Å². The van der Waals surface area contributed by atoms with E-state index in [2.05, 4.69) is 22.2 Å². The molecule has 2 heterocycles. The molecule has 0 radical (unpaired) electrons. The van der Waals surface area contributed by atoms with Crippen LogP contribution in [0.3, 0.4) is 0 Å². The van der Waals surface area contributed by atoms with E-state index in [0.717, 1.165) is 49.7 Å². The molecule has 1 atom stereocenters. The zero-order chi connectivity index (χ0) is 20.2. The average molecular weight is 396 g/mol. The molecule has 1 unspecified atom stereocenters. The Morgan fingerprint density at radius 3 is 2.62 bits per heavy atom. The standard InChI is InChI=1S/C23H29N3O3/c1-25-9-11-26(12-10-25)20-6-3-18(4-7-20)23(27)24-15-17-13-19-5-8-21(28-2)14-22(19)29-16-17/h3-8,14,17H,9-13,15-16H2,1-2H3,(H,24,27). The zero-order valence-corrected chi connectivity index (χ0v) is 17.2. The molecule has 2 aliphatic heterocycles. The predicted molar refractivity (Wildman–Crippen MR) is 114 cm³/mol. The first-order valence-electron chi connectivity index (χ1n) is 10.2. The van der Waals surface area contributed by atoms with Gasteiger partial charge >= 0.3 is 0 Å². The second-order valence-electron chi connectivity index (χ2n) is 7.90. The third kappa shape index (κ3) is 4.65. The molecule has 0 bridgehead atoms. The van der Waals surface area contributed by atoms with Crippen molar-refractivity contribution in [3.05, 3.63) is 53.6 Å². The van der Waals surface area contributed by atoms with Gasteiger partial charge in [-0.1, -0.05) is 6.07 Å². The van der Waals surface area contributed by atoms with Crippen molar-refractivity contribution in [2.75, 3.05) is 58.4 Å². The van der Waals surface area contributed by atoms with E-state index in [4.69, 9.17) is 9.47 Å². The largest absolute Gasteiger partial charge is 0.497 e. The van der Waals surface area contributed by atoms with Crippen LogP contribution in [0.2, 0.25) is 0 Å². The summed E-state index contributed by atoms with van der Waals surface area (Å²) < 4.78 is 11.1. The molecule has 0 aliphatic carbocycles. The maximum Gasteiger partial charge on any atom is 0.251 e. The fourth-order valence-corrected chi connectivity index (χ4v) is 3.90. The van der Waals surface area contributed by atoms with Crippen LogP contribution in [0, 0.1) is 5.92 Å². The molecule has 1 saturated heterocycles. The third-order valence-corrected chi connectivity index (χ3v) is 5.81. The molecule has 2 aromatic carbocycles. The van der Waals surface area contributed by atoms with Gasteiger partial charge in [0.25, 0.3) is 5.91 Å². The highest BCUT2D eigenvalue weighted by atomic mass is 16.5. The minimum atomic E-state index is -0.0320. The van der Waals surface area contributed by atoms with Gasteiger partial charge in [-0.15, -0.1) is 0 Å². The van der Waals surface area contributed by atoms with Crippen LogP contribution in [-0.4, -0.2) is 64.3 Å². The minimum absolute atomic E-state index is 0.0320. The summed E-state index contributed by atoms with van der Waals surface area (Å²) in [4.78, 5) is 17.3. The summed E-state index contributed by atoms with van der Waals surface area (Å²) in [5.74, 6) is 1.92. The van der Waals surface area contributed by atoms with Crippen LogP contribution in [0.5, 0.6) is 11.5 Å². The van der Waals surface area contributed by atoms with Crippen molar-refractivity contribution in [1.82, 2.24) is 10.2 Å². The van der Waals surface area contributed by atoms with Gasteiger partial charge in [-0.3, -0.25) is 4.79 Å². The first-order chi connectivity index (χ1) is 14.1. The Morgan fingerprint density at radius 1 is 1.14 bits per heavy atom. The van der Waals surface area contributed by atoms with Gasteiger partial charge in [-0.2, -0.15) is 0 Å². The maximum absolute atomic E-state index is 12.6. The summed E-state index contributed by atoms with van der Waals surface area (Å²) in [7, 11) is 3.80. The number of rotatable bonds is 5. The summed E-state index contributed by atoms with van der Waals surface area (Å²) in [6.07, 6.45) is 0.891. The first kappa shape index (κ1) is 19.6. The highest BCUT2D eigenvalue weighted by Crippen LogP contribution is 2.30. The van der Waals surface area contributed by atoms with E-state index in [0.29, 0.717) is 18.7 Å². The zero-order valence-electron chi connectivity index (χ0n) is 17.2. The van der Waals surface area contributed by atoms with Gasteiger partial charge in [0.1, 0.15) is 11.5 Å². The first-order valence-corrected chi connectivity index (χ1v) is 10.2. The van der Waals surface area contributed by atoms with E-state index in [-0.39, 0.29) is 11.8 Å². The number of benzene rings is 2. The molecule has 154 valence electrons. The van der Waals surface area contributed by atoms with E-state index < -0.39 is 0 Å². The number of likely N-dealkylation sites (N-methyl/N-ethyl adjacent to an activating group) is 1. The SMILES string of the molecule is COc1ccc2c(c1)OCC(CNC(=O)c1ccc(N3CCN(C)CC3)cc1)C2. The molecule has 1 N–H and O–H groups in total. The highest BCUT2D eigenvalue weighted by molar-refractivity contribution is 5.94. The van der Waals surface area contributed by atoms with Crippen LogP contribution in [-0.2, 0) is 6.42 Å². The Balaban J connectivity index is 1.29. The van der Waals surface area contributed by atoms with Crippen LogP contribution in [0.1, 0.15) is 15.9 Å². The summed E-state index contributed by atoms with van der Waals surface area (Å²) in [6, 6.07) is 13.8. The number of anilines is 1. The van der Waals surface area contributed by atoms with Gasteiger partial charge in [0.05, 0.1) is 13.7 Å². The van der Waals surface area contributed by atoms with Crippen LogP contribution < -0.4 is 19.7 Å². The van der Waals surface area contributed by atoms with E-state index >= 15 is 0 Å². The van der Waals surface area contributed by atoms with Crippen molar-refractivity contribution < 1.29 is 14.3 Å². The quantitative estimate of drug-likeness (QED) is 0.843. The molecule has 1 amide bonds. The molecular formula is C23H29N3O3. The lowest BCUT2D eigenvalue weighted by Crippen LogP contribution is -2.44. The van der Waals surface area contributed by atoms with Crippen LogP contribution >= 0.6 is 0 Å². The van der Waals surface area contributed by atoms with Gasteiger partial charge in [0.2, 0.25) is 0 Å². The number of nitrogens with zero attached hydrogens (tertiary/aromatic N) is 2. The molecule has 2 aliphatic rings. The molecule has 0 spiro atoms. The molecule has 0 aromatic heterocycles. The van der Waals surface area contributed by atoms with Crippen LogP contribution in [0.25, 0.3) is 0 Å². The summed E-state index contributed by atoms with van der Waals surface area (Å²) in [6.45, 7) is 5.39. The Labute approximate surface area is 172 Å². The lowest BCUT2D eigenvalue weighted by Gasteiger charge is -2.34. The van der Waals surface area contributed by atoms with Gasteiger partial charge in [0.15, 0.2) is 0 Å². The predicted octanol–water partition coefficient (Wildman–Crippen LogP) is 2.43. The molecule has 6 nitrogen and oxygen atoms in total. The third-order valence-electron chi connectivity index (χ3n) is 5.81. The second kappa shape index (κ2) is 8.74.